The molecule has 1 N–H and O–H groups in total. The highest BCUT2D eigenvalue weighted by atomic mass is 32.1. The summed E-state index contributed by atoms with van der Waals surface area (Å²) in [7, 11) is 0. The van der Waals surface area contributed by atoms with Gasteiger partial charge in [0.05, 0.1) is 49.5 Å². The minimum atomic E-state index is -4.68. The maximum Gasteiger partial charge on any atom is 0.419 e. The molecule has 0 unspecified atom stereocenters. The number of alkyl halides is 4. The molecular formula is C26H27F4N5O4S. The Labute approximate surface area is 231 Å². The molecule has 0 bridgehead atoms. The van der Waals surface area contributed by atoms with Gasteiger partial charge >= 0.3 is 12.1 Å². The lowest BCUT2D eigenvalue weighted by molar-refractivity contribution is -0.148. The average Bonchev–Trinajstić information content (AvgIpc) is 3.41. The topological polar surface area (TPSA) is 107 Å². The third kappa shape index (κ3) is 7.23. The van der Waals surface area contributed by atoms with E-state index < -0.39 is 24.3 Å². The lowest BCUT2D eigenvalue weighted by Gasteiger charge is -2.31. The maximum atomic E-state index is 13.6. The first-order valence-corrected chi connectivity index (χ1v) is 13.5. The van der Waals surface area contributed by atoms with E-state index in [1.807, 2.05) is 4.90 Å². The second-order valence-electron chi connectivity index (χ2n) is 8.86. The summed E-state index contributed by atoms with van der Waals surface area (Å²) in [5.74, 6) is -0.723. The van der Waals surface area contributed by atoms with Crippen molar-refractivity contribution in [1.29, 1.82) is 0 Å². The van der Waals surface area contributed by atoms with Gasteiger partial charge in [-0.2, -0.15) is 13.2 Å². The number of thiazole rings is 1. The SMILES string of the molecule is CCOC(=O)C1CCN(c2cnc(C(=O)Nc3nc(-c4ccc(OCCCF)c(C(F)(F)F)c4)cs3)cn2)CC1. The van der Waals surface area contributed by atoms with Crippen molar-refractivity contribution in [3.8, 4) is 17.0 Å². The first-order chi connectivity index (χ1) is 19.2. The number of aromatic nitrogens is 3. The van der Waals surface area contributed by atoms with E-state index in [1.54, 1.807) is 6.92 Å². The predicted octanol–water partition coefficient (Wildman–Crippen LogP) is 5.39. The van der Waals surface area contributed by atoms with Gasteiger partial charge in [0.25, 0.3) is 5.91 Å². The van der Waals surface area contributed by atoms with E-state index in [0.29, 0.717) is 38.4 Å². The van der Waals surface area contributed by atoms with Crippen molar-refractivity contribution in [1.82, 2.24) is 15.0 Å². The smallest absolute Gasteiger partial charge is 0.419 e. The number of anilines is 2. The quantitative estimate of drug-likeness (QED) is 0.193. The summed E-state index contributed by atoms with van der Waals surface area (Å²) in [6.07, 6.45) is -0.632. The van der Waals surface area contributed by atoms with Gasteiger partial charge in [-0.25, -0.2) is 15.0 Å². The van der Waals surface area contributed by atoms with Crippen LogP contribution in [-0.4, -0.2) is 59.8 Å². The van der Waals surface area contributed by atoms with Crippen LogP contribution >= 0.6 is 11.3 Å². The fourth-order valence-corrected chi connectivity index (χ4v) is 4.82. The minimum absolute atomic E-state index is 0.0168. The number of amides is 1. The Morgan fingerprint density at radius 2 is 1.95 bits per heavy atom. The van der Waals surface area contributed by atoms with Crippen molar-refractivity contribution >= 4 is 34.2 Å². The van der Waals surface area contributed by atoms with Crippen molar-refractivity contribution < 1.29 is 36.6 Å². The van der Waals surface area contributed by atoms with E-state index in [9.17, 15) is 27.2 Å². The molecule has 1 aromatic carbocycles. The molecule has 0 saturated carbocycles. The predicted molar refractivity (Wildman–Crippen MR) is 140 cm³/mol. The van der Waals surface area contributed by atoms with Gasteiger partial charge < -0.3 is 14.4 Å². The monoisotopic (exact) mass is 581 g/mol. The summed E-state index contributed by atoms with van der Waals surface area (Å²) < 4.78 is 63.2. The Balaban J connectivity index is 1.38. The van der Waals surface area contributed by atoms with Crippen LogP contribution in [0, 0.1) is 5.92 Å². The van der Waals surface area contributed by atoms with Crippen molar-refractivity contribution in [2.24, 2.45) is 5.92 Å². The molecule has 9 nitrogen and oxygen atoms in total. The third-order valence-electron chi connectivity index (χ3n) is 6.15. The summed E-state index contributed by atoms with van der Waals surface area (Å²) in [4.78, 5) is 39.3. The van der Waals surface area contributed by atoms with Gasteiger partial charge in [-0.3, -0.25) is 19.3 Å². The van der Waals surface area contributed by atoms with Crippen molar-refractivity contribution in [2.45, 2.75) is 32.4 Å². The molecule has 1 saturated heterocycles. The zero-order valence-corrected chi connectivity index (χ0v) is 22.4. The van der Waals surface area contributed by atoms with Crippen molar-refractivity contribution in [3.63, 3.8) is 0 Å². The molecule has 0 spiro atoms. The number of ether oxygens (including phenoxy) is 2. The fourth-order valence-electron chi connectivity index (χ4n) is 4.10. The Hall–Kier alpha value is -3.81. The van der Waals surface area contributed by atoms with Gasteiger partial charge in [-0.05, 0) is 38.0 Å². The molecule has 214 valence electrons. The molecule has 1 aliphatic rings. The molecule has 3 aromatic rings. The molecule has 4 rings (SSSR count). The lowest BCUT2D eigenvalue weighted by atomic mass is 9.97. The molecule has 3 heterocycles. The summed E-state index contributed by atoms with van der Waals surface area (Å²) >= 11 is 1.04. The van der Waals surface area contributed by atoms with E-state index in [1.165, 1.54) is 29.9 Å². The highest BCUT2D eigenvalue weighted by molar-refractivity contribution is 7.14. The van der Waals surface area contributed by atoms with Crippen LogP contribution in [0.2, 0.25) is 0 Å². The standard InChI is InChI=1S/C26H27F4N5O4S/c1-2-38-24(37)16-6-9-35(10-7-16)22-14-31-19(13-32-22)23(36)34-25-33-20(15-40-25)17-4-5-21(39-11-3-8-27)18(12-17)26(28,29)30/h4-5,12-16H,2-3,6-11H2,1H3,(H,33,34,36). The van der Waals surface area contributed by atoms with Crippen LogP contribution in [0.4, 0.5) is 28.5 Å². The van der Waals surface area contributed by atoms with Crippen molar-refractivity contribution in [2.75, 3.05) is 43.2 Å². The van der Waals surface area contributed by atoms with Gasteiger partial charge in [0.2, 0.25) is 0 Å². The molecule has 2 aromatic heterocycles. The highest BCUT2D eigenvalue weighted by Crippen LogP contribution is 2.39. The molecule has 40 heavy (non-hydrogen) atoms. The molecular weight excluding hydrogens is 554 g/mol. The van der Waals surface area contributed by atoms with Crippen LogP contribution in [0.1, 0.15) is 42.2 Å². The van der Waals surface area contributed by atoms with Crippen LogP contribution in [-0.2, 0) is 15.7 Å². The molecule has 0 aliphatic carbocycles. The van der Waals surface area contributed by atoms with Crippen LogP contribution in [0.25, 0.3) is 11.3 Å². The fraction of sp³-hybridized carbons (Fsp3) is 0.423. The number of rotatable bonds is 10. The van der Waals surface area contributed by atoms with Gasteiger partial charge in [0.1, 0.15) is 17.3 Å². The number of hydrogen-bond acceptors (Lipinski definition) is 9. The van der Waals surface area contributed by atoms with E-state index in [2.05, 4.69) is 20.3 Å². The van der Waals surface area contributed by atoms with Gasteiger partial charge in [-0.1, -0.05) is 0 Å². The Kier molecular flexibility index (Phi) is 9.50. The van der Waals surface area contributed by atoms with Crippen LogP contribution < -0.4 is 15.0 Å². The summed E-state index contributed by atoms with van der Waals surface area (Å²) in [5, 5.41) is 4.27. The number of hydrogen-bond donors (Lipinski definition) is 1. The number of halogens is 4. The van der Waals surface area contributed by atoms with Gasteiger partial charge in [-0.15, -0.1) is 11.3 Å². The average molecular weight is 582 g/mol. The van der Waals surface area contributed by atoms with Gasteiger partial charge in [0, 0.05) is 30.5 Å². The number of piperidine rings is 1. The highest BCUT2D eigenvalue weighted by Gasteiger charge is 2.35. The van der Waals surface area contributed by atoms with E-state index in [0.717, 1.165) is 17.4 Å². The molecule has 1 fully saturated rings. The van der Waals surface area contributed by atoms with E-state index in [-0.39, 0.29) is 52.7 Å². The molecule has 0 atom stereocenters. The second-order valence-corrected chi connectivity index (χ2v) is 9.72. The summed E-state index contributed by atoms with van der Waals surface area (Å²) in [6, 6.07) is 3.50. The second kappa shape index (κ2) is 13.0. The van der Waals surface area contributed by atoms with Gasteiger partial charge in [0.15, 0.2) is 5.13 Å². The first kappa shape index (κ1) is 29.2. The number of benzene rings is 1. The zero-order chi connectivity index (χ0) is 28.7. The largest absolute Gasteiger partial charge is 0.493 e. The molecule has 1 amide bonds. The Morgan fingerprint density at radius 3 is 2.60 bits per heavy atom. The van der Waals surface area contributed by atoms with E-state index in [4.69, 9.17) is 9.47 Å². The Morgan fingerprint density at radius 1 is 1.18 bits per heavy atom. The van der Waals surface area contributed by atoms with Crippen molar-refractivity contribution in [3.05, 3.63) is 47.2 Å². The number of carbonyl (C=O) groups excluding carboxylic acids is 2. The third-order valence-corrected chi connectivity index (χ3v) is 6.91. The molecule has 0 radical (unpaired) electrons. The number of esters is 1. The number of carbonyl (C=O) groups is 2. The molecule has 1 aliphatic heterocycles. The summed E-state index contributed by atoms with van der Waals surface area (Å²) in [6.45, 7) is 2.46. The number of nitrogens with one attached hydrogen (secondary N) is 1. The number of nitrogens with zero attached hydrogens (tertiary/aromatic N) is 4. The van der Waals surface area contributed by atoms with E-state index >= 15 is 0 Å². The maximum absolute atomic E-state index is 13.6. The molecule has 14 heteroatoms. The first-order valence-electron chi connectivity index (χ1n) is 12.6. The Bertz CT molecular complexity index is 1310. The van der Waals surface area contributed by atoms with Crippen LogP contribution in [0.3, 0.4) is 0 Å². The van der Waals surface area contributed by atoms with Crippen LogP contribution in [0.15, 0.2) is 36.0 Å². The normalized spacial score (nSPS) is 14.2. The zero-order valence-electron chi connectivity index (χ0n) is 21.5. The lowest BCUT2D eigenvalue weighted by Crippen LogP contribution is -2.37. The van der Waals surface area contributed by atoms with Crippen LogP contribution in [0.5, 0.6) is 5.75 Å². The summed E-state index contributed by atoms with van der Waals surface area (Å²) in [5.41, 5.74) is -0.550. The minimum Gasteiger partial charge on any atom is -0.493 e.